The maximum absolute atomic E-state index is 17.0. The summed E-state index contributed by atoms with van der Waals surface area (Å²) in [5, 5.41) is 15.3. The number of aromatic hydroxyl groups is 1. The zero-order valence-corrected chi connectivity index (χ0v) is 24.9. The van der Waals surface area contributed by atoms with Gasteiger partial charge in [-0.1, -0.05) is 12.0 Å². The van der Waals surface area contributed by atoms with E-state index in [1.807, 2.05) is 0 Å². The van der Waals surface area contributed by atoms with Crippen LogP contribution in [0.4, 0.5) is 19.0 Å². The first-order valence-electron chi connectivity index (χ1n) is 15.8. The zero-order chi connectivity index (χ0) is 31.3. The molecule has 2 bridgehead atoms. The fourth-order valence-electron chi connectivity index (χ4n) is 8.56. The first-order valence-corrected chi connectivity index (χ1v) is 15.8. The monoisotopic (exact) mass is 628 g/mol. The number of phenols is 1. The largest absolute Gasteiger partial charge is 0.508 e. The number of nitrogens with one attached hydrogen (secondary N) is 1. The molecule has 7 heterocycles. The molecule has 9 nitrogen and oxygen atoms in total. The number of nitrogens with zero attached hydrogens (tertiary/aromatic N) is 5. The number of pyridine rings is 1. The maximum Gasteiger partial charge on any atom is 0.319 e. The molecule has 0 spiro atoms. The van der Waals surface area contributed by atoms with E-state index in [1.165, 1.54) is 24.3 Å². The third-order valence-corrected chi connectivity index (χ3v) is 10.6. The summed E-state index contributed by atoms with van der Waals surface area (Å²) in [7, 11) is 0. The first-order chi connectivity index (χ1) is 22.3. The molecular weight excluding hydrogens is 597 g/mol. The number of piperazine rings is 1. The topological polar surface area (TPSA) is 95.9 Å². The summed E-state index contributed by atoms with van der Waals surface area (Å²) in [6.45, 7) is 2.27. The summed E-state index contributed by atoms with van der Waals surface area (Å²) in [4.78, 5) is 18.4. The third kappa shape index (κ3) is 4.07. The normalized spacial score (nSPS) is 28.2. The van der Waals surface area contributed by atoms with Gasteiger partial charge in [-0.15, -0.1) is 6.42 Å². The lowest BCUT2D eigenvalue weighted by molar-refractivity contribution is 0.107. The smallest absolute Gasteiger partial charge is 0.319 e. The number of hydrogen-bond acceptors (Lipinski definition) is 9. The summed E-state index contributed by atoms with van der Waals surface area (Å²) < 4.78 is 59.1. The molecule has 5 aliphatic heterocycles. The molecule has 5 aliphatic rings. The number of anilines is 1. The highest BCUT2D eigenvalue weighted by Gasteiger charge is 2.50. The third-order valence-electron chi connectivity index (χ3n) is 10.6. The Balaban J connectivity index is 1.25. The lowest BCUT2D eigenvalue weighted by Crippen LogP contribution is -2.60. The van der Waals surface area contributed by atoms with Gasteiger partial charge >= 0.3 is 6.01 Å². The fourth-order valence-corrected chi connectivity index (χ4v) is 8.56. The van der Waals surface area contributed by atoms with Gasteiger partial charge in [-0.05, 0) is 55.8 Å². The van der Waals surface area contributed by atoms with Crippen molar-refractivity contribution in [1.29, 1.82) is 0 Å². The van der Waals surface area contributed by atoms with E-state index in [0.717, 1.165) is 32.2 Å². The zero-order valence-electron chi connectivity index (χ0n) is 24.9. The van der Waals surface area contributed by atoms with Gasteiger partial charge in [0.2, 0.25) is 5.88 Å². The van der Waals surface area contributed by atoms with Crippen molar-refractivity contribution in [2.45, 2.75) is 61.9 Å². The summed E-state index contributed by atoms with van der Waals surface area (Å²) in [5.41, 5.74) is -0.688. The number of phenolic OH excluding ortho intramolecular Hbond substituents is 1. The molecular formula is C34H31F3N6O3. The van der Waals surface area contributed by atoms with E-state index >= 15 is 4.39 Å². The van der Waals surface area contributed by atoms with Crippen LogP contribution in [0.15, 0.2) is 24.3 Å². The van der Waals surface area contributed by atoms with E-state index in [2.05, 4.69) is 31.0 Å². The second-order valence-corrected chi connectivity index (χ2v) is 13.2. The number of terminal acetylenes is 1. The van der Waals surface area contributed by atoms with E-state index in [4.69, 9.17) is 20.9 Å². The lowest BCUT2D eigenvalue weighted by Gasteiger charge is -2.40. The van der Waals surface area contributed by atoms with Crippen molar-refractivity contribution >= 4 is 27.5 Å². The Morgan fingerprint density at radius 1 is 1.15 bits per heavy atom. The summed E-state index contributed by atoms with van der Waals surface area (Å²) in [5.74, 6) is 1.35. The van der Waals surface area contributed by atoms with Crippen LogP contribution in [-0.4, -0.2) is 87.6 Å². The van der Waals surface area contributed by atoms with Crippen LogP contribution >= 0.6 is 0 Å². The highest BCUT2D eigenvalue weighted by atomic mass is 19.1. The molecule has 0 saturated carbocycles. The minimum atomic E-state index is -0.927. The van der Waals surface area contributed by atoms with Gasteiger partial charge < -0.3 is 24.8 Å². The number of fused-ring (bicyclic) bond motifs is 7. The Hall–Kier alpha value is -4.34. The molecule has 9 rings (SSSR count). The number of rotatable bonds is 4. The van der Waals surface area contributed by atoms with Gasteiger partial charge in [0.25, 0.3) is 0 Å². The molecule has 4 fully saturated rings. The van der Waals surface area contributed by atoms with Gasteiger partial charge in [-0.2, -0.15) is 9.97 Å². The lowest BCUT2D eigenvalue weighted by atomic mass is 9.95. The first kappa shape index (κ1) is 27.9. The van der Waals surface area contributed by atoms with Crippen LogP contribution in [0, 0.1) is 24.0 Å². The molecule has 0 unspecified atom stereocenters. The molecule has 2 aromatic heterocycles. The maximum atomic E-state index is 17.0. The average molecular weight is 629 g/mol. The number of halogens is 3. The summed E-state index contributed by atoms with van der Waals surface area (Å²) in [6.07, 6.45) is 8.89. The molecule has 46 heavy (non-hydrogen) atoms. The molecule has 4 aromatic rings. The fraction of sp³-hybridized carbons (Fsp3) is 0.441. The summed E-state index contributed by atoms with van der Waals surface area (Å²) >= 11 is 0. The van der Waals surface area contributed by atoms with Crippen LogP contribution in [0.5, 0.6) is 17.6 Å². The molecule has 236 valence electrons. The Kier molecular flexibility index (Phi) is 6.12. The highest BCUT2D eigenvalue weighted by Crippen LogP contribution is 2.45. The van der Waals surface area contributed by atoms with Crippen molar-refractivity contribution in [3.05, 3.63) is 41.5 Å². The van der Waals surface area contributed by atoms with Crippen molar-refractivity contribution in [2.75, 3.05) is 37.7 Å². The molecule has 2 N–H and O–H groups in total. The molecule has 0 amide bonds. The van der Waals surface area contributed by atoms with Gasteiger partial charge in [0.15, 0.2) is 5.82 Å². The van der Waals surface area contributed by atoms with Gasteiger partial charge in [-0.25, -0.2) is 18.2 Å². The quantitative estimate of drug-likeness (QED) is 0.318. The Labute approximate surface area is 262 Å². The predicted molar refractivity (Wildman–Crippen MR) is 165 cm³/mol. The van der Waals surface area contributed by atoms with Crippen LogP contribution in [0.1, 0.15) is 37.7 Å². The van der Waals surface area contributed by atoms with Crippen molar-refractivity contribution in [1.82, 2.24) is 25.2 Å². The van der Waals surface area contributed by atoms with Crippen LogP contribution in [-0.2, 0) is 0 Å². The Bertz CT molecular complexity index is 1990. The molecule has 0 radical (unpaired) electrons. The van der Waals surface area contributed by atoms with Gasteiger partial charge in [0.1, 0.15) is 53.4 Å². The van der Waals surface area contributed by atoms with Crippen molar-refractivity contribution < 1.29 is 27.8 Å². The van der Waals surface area contributed by atoms with E-state index < -0.39 is 23.3 Å². The predicted octanol–water partition coefficient (Wildman–Crippen LogP) is 4.47. The van der Waals surface area contributed by atoms with Gasteiger partial charge in [0.05, 0.1) is 17.1 Å². The molecule has 4 saturated heterocycles. The van der Waals surface area contributed by atoms with Crippen molar-refractivity contribution in [3.63, 3.8) is 0 Å². The SMILES string of the molecule is C#Cc1c(F)ccc2cc(O)cc(-c3nc4c5c(nc(OC[C@]67CCCN6C[C@H](F)C7)nc5c3F)N3C[C@@H]5CC[C@@H](N5)[C@H]3CO4)c12. The molecule has 2 aromatic carbocycles. The van der Waals surface area contributed by atoms with E-state index in [1.54, 1.807) is 0 Å². The average Bonchev–Trinajstić information content (AvgIpc) is 3.68. The molecule has 0 aliphatic carbocycles. The minimum Gasteiger partial charge on any atom is -0.508 e. The van der Waals surface area contributed by atoms with Gasteiger partial charge in [-0.3, -0.25) is 4.90 Å². The number of hydrogen-bond donors (Lipinski definition) is 2. The van der Waals surface area contributed by atoms with Crippen LogP contribution in [0.25, 0.3) is 32.9 Å². The summed E-state index contributed by atoms with van der Waals surface area (Å²) in [6, 6.07) is 5.72. The highest BCUT2D eigenvalue weighted by molar-refractivity contribution is 6.04. The Morgan fingerprint density at radius 3 is 2.91 bits per heavy atom. The standard InChI is InChI=1S/C34H31F3N6O3/c1-2-21-23(36)6-4-17-10-20(44)11-22(26(17)21)29-28(37)30-27-31(43-14-19-5-7-24(38-19)25(43)15-45-32(27)39-29)41-33(40-30)46-16-34-8-3-9-42(34)13-18(35)12-34/h1,4,6,10-11,18-19,24-25,38,44H,3,5,7-9,12-16H2/t18-,19+,24-,25-,34-/m1/s1. The number of benzene rings is 2. The van der Waals surface area contributed by atoms with Crippen LogP contribution in [0.2, 0.25) is 0 Å². The van der Waals surface area contributed by atoms with E-state index in [9.17, 15) is 13.9 Å². The number of ether oxygens (including phenoxy) is 2. The number of alkyl halides is 1. The van der Waals surface area contributed by atoms with Crippen molar-refractivity contribution in [2.24, 2.45) is 0 Å². The Morgan fingerprint density at radius 2 is 2.04 bits per heavy atom. The minimum absolute atomic E-state index is 0.0179. The van der Waals surface area contributed by atoms with Crippen LogP contribution < -0.4 is 19.7 Å². The van der Waals surface area contributed by atoms with E-state index in [0.29, 0.717) is 36.1 Å². The van der Waals surface area contributed by atoms with Gasteiger partial charge in [0, 0.05) is 42.5 Å². The van der Waals surface area contributed by atoms with E-state index in [-0.39, 0.29) is 76.7 Å². The van der Waals surface area contributed by atoms with Crippen molar-refractivity contribution in [3.8, 4) is 41.2 Å². The van der Waals surface area contributed by atoms with Crippen LogP contribution in [0.3, 0.4) is 0 Å². The second-order valence-electron chi connectivity index (χ2n) is 13.2. The molecule has 12 heteroatoms. The molecule has 5 atom stereocenters. The number of aromatic nitrogens is 3. The second kappa shape index (κ2) is 10.1.